The van der Waals surface area contributed by atoms with Gasteiger partial charge in [0, 0.05) is 6.54 Å². The van der Waals surface area contributed by atoms with Gasteiger partial charge in [-0.15, -0.1) is 0 Å². The molecule has 2 aromatic rings. The number of methoxy groups -OCH3 is 1. The van der Waals surface area contributed by atoms with Gasteiger partial charge < -0.3 is 10.5 Å². The van der Waals surface area contributed by atoms with E-state index >= 15 is 0 Å². The summed E-state index contributed by atoms with van der Waals surface area (Å²) < 4.78 is 45.0. The Kier molecular flexibility index (Phi) is 4.22. The maximum atomic E-state index is 12.8. The second-order valence-corrected chi connectivity index (χ2v) is 4.45. The van der Waals surface area contributed by atoms with Crippen LogP contribution in [0.2, 0.25) is 0 Å². The molecule has 0 unspecified atom stereocenters. The normalized spacial score (nSPS) is 11.7. The van der Waals surface area contributed by atoms with E-state index in [0.717, 1.165) is 12.1 Å². The van der Waals surface area contributed by atoms with Gasteiger partial charge in [0.05, 0.1) is 29.6 Å². The summed E-state index contributed by atoms with van der Waals surface area (Å²) in [5.74, 6) is 0.369. The van der Waals surface area contributed by atoms with Gasteiger partial charge in [0.2, 0.25) is 5.88 Å². The number of halogens is 3. The zero-order chi connectivity index (χ0) is 15.6. The molecule has 21 heavy (non-hydrogen) atoms. The van der Waals surface area contributed by atoms with Gasteiger partial charge in [-0.1, -0.05) is 13.0 Å². The first kappa shape index (κ1) is 15.4. The predicted octanol–water partition coefficient (Wildman–Crippen LogP) is 2.92. The van der Waals surface area contributed by atoms with Gasteiger partial charge >= 0.3 is 6.18 Å². The number of aryl methyl sites for hydroxylation is 1. The van der Waals surface area contributed by atoms with Gasteiger partial charge in [0.15, 0.2) is 0 Å². The van der Waals surface area contributed by atoms with Gasteiger partial charge in [-0.25, -0.2) is 4.68 Å². The Labute approximate surface area is 120 Å². The molecule has 0 spiro atoms. The lowest BCUT2D eigenvalue weighted by Crippen LogP contribution is -2.07. The van der Waals surface area contributed by atoms with Crippen LogP contribution in [-0.4, -0.2) is 16.9 Å². The Bertz CT molecular complexity index is 635. The Morgan fingerprint density at radius 1 is 1.33 bits per heavy atom. The molecule has 7 heteroatoms. The Balaban J connectivity index is 2.59. The number of nitrogens with two attached hydrogens (primary N) is 1. The van der Waals surface area contributed by atoms with Gasteiger partial charge in [-0.05, 0) is 24.6 Å². The lowest BCUT2D eigenvalue weighted by Gasteiger charge is -2.11. The fraction of sp³-hybridized carbons (Fsp3) is 0.357. The first-order valence-corrected chi connectivity index (χ1v) is 6.44. The average Bonchev–Trinajstić information content (AvgIpc) is 2.84. The van der Waals surface area contributed by atoms with Gasteiger partial charge in [-0.2, -0.15) is 18.3 Å². The van der Waals surface area contributed by atoms with Crippen LogP contribution in [0.3, 0.4) is 0 Å². The minimum atomic E-state index is -4.40. The third kappa shape index (κ3) is 2.87. The second kappa shape index (κ2) is 5.77. The highest BCUT2D eigenvalue weighted by molar-refractivity contribution is 5.43. The van der Waals surface area contributed by atoms with Crippen molar-refractivity contribution >= 4 is 0 Å². The molecule has 0 bridgehead atoms. The number of alkyl halides is 3. The average molecular weight is 299 g/mol. The molecular formula is C14H16F3N3O. The fourth-order valence-corrected chi connectivity index (χ4v) is 2.17. The summed E-state index contributed by atoms with van der Waals surface area (Å²) in [6.07, 6.45) is -3.78. The van der Waals surface area contributed by atoms with Crippen LogP contribution in [0, 0.1) is 0 Å². The van der Waals surface area contributed by atoms with Crippen LogP contribution < -0.4 is 10.5 Å². The second-order valence-electron chi connectivity index (χ2n) is 4.45. The van der Waals surface area contributed by atoms with E-state index < -0.39 is 11.7 Å². The molecule has 0 saturated heterocycles. The molecule has 0 radical (unpaired) electrons. The first-order chi connectivity index (χ1) is 9.92. The van der Waals surface area contributed by atoms with E-state index in [-0.39, 0.29) is 12.2 Å². The number of ether oxygens (including phenoxy) is 1. The molecule has 0 aliphatic rings. The lowest BCUT2D eigenvalue weighted by atomic mass is 10.2. The predicted molar refractivity (Wildman–Crippen MR) is 72.4 cm³/mol. The molecule has 2 N–H and O–H groups in total. The number of nitrogens with zero attached hydrogens (tertiary/aromatic N) is 2. The van der Waals surface area contributed by atoms with Crippen LogP contribution in [0.5, 0.6) is 5.88 Å². The van der Waals surface area contributed by atoms with Crippen molar-refractivity contribution in [1.82, 2.24) is 9.78 Å². The van der Waals surface area contributed by atoms with E-state index in [1.165, 1.54) is 17.9 Å². The zero-order valence-corrected chi connectivity index (χ0v) is 11.7. The molecule has 4 nitrogen and oxygen atoms in total. The van der Waals surface area contributed by atoms with Crippen molar-refractivity contribution in [3.8, 4) is 11.6 Å². The molecule has 0 amide bonds. The third-order valence-electron chi connectivity index (χ3n) is 3.17. The Morgan fingerprint density at radius 3 is 2.57 bits per heavy atom. The Hall–Kier alpha value is -2.02. The van der Waals surface area contributed by atoms with E-state index in [9.17, 15) is 13.2 Å². The number of rotatable bonds is 4. The SMILES string of the molecule is CCc1nn(-c2cccc(C(F)(F)F)c2)c(OC)c1CN. The number of hydrogen-bond donors (Lipinski definition) is 1. The molecule has 0 aliphatic heterocycles. The molecule has 0 saturated carbocycles. The van der Waals surface area contributed by atoms with Crippen LogP contribution in [0.25, 0.3) is 5.69 Å². The molecule has 1 heterocycles. The molecular weight excluding hydrogens is 283 g/mol. The van der Waals surface area contributed by atoms with Gasteiger partial charge in [0.25, 0.3) is 0 Å². The van der Waals surface area contributed by atoms with E-state index in [4.69, 9.17) is 10.5 Å². The van der Waals surface area contributed by atoms with Crippen molar-refractivity contribution in [3.63, 3.8) is 0 Å². The molecule has 1 aromatic heterocycles. The van der Waals surface area contributed by atoms with Crippen molar-refractivity contribution in [2.45, 2.75) is 26.1 Å². The summed E-state index contributed by atoms with van der Waals surface area (Å²) in [7, 11) is 1.44. The molecule has 1 aromatic carbocycles. The standard InChI is InChI=1S/C14H16F3N3O/c1-3-12-11(8-18)13(21-2)20(19-12)10-6-4-5-9(7-10)14(15,16)17/h4-7H,3,8,18H2,1-2H3. The summed E-state index contributed by atoms with van der Waals surface area (Å²) in [5, 5.41) is 4.31. The van der Waals surface area contributed by atoms with Crippen molar-refractivity contribution in [2.24, 2.45) is 5.73 Å². The maximum Gasteiger partial charge on any atom is 0.416 e. The number of hydrogen-bond acceptors (Lipinski definition) is 3. The van der Waals surface area contributed by atoms with E-state index in [2.05, 4.69) is 5.10 Å². The molecule has 0 atom stereocenters. The Morgan fingerprint density at radius 2 is 2.05 bits per heavy atom. The lowest BCUT2D eigenvalue weighted by molar-refractivity contribution is -0.137. The van der Waals surface area contributed by atoms with Crippen LogP contribution in [-0.2, 0) is 19.1 Å². The smallest absolute Gasteiger partial charge is 0.416 e. The maximum absolute atomic E-state index is 12.8. The van der Waals surface area contributed by atoms with Gasteiger partial charge in [-0.3, -0.25) is 0 Å². The van der Waals surface area contributed by atoms with Crippen molar-refractivity contribution < 1.29 is 17.9 Å². The van der Waals surface area contributed by atoms with E-state index in [0.29, 0.717) is 23.6 Å². The minimum Gasteiger partial charge on any atom is -0.481 e. The highest BCUT2D eigenvalue weighted by atomic mass is 19.4. The number of aromatic nitrogens is 2. The first-order valence-electron chi connectivity index (χ1n) is 6.44. The summed E-state index contributed by atoms with van der Waals surface area (Å²) in [4.78, 5) is 0. The fourth-order valence-electron chi connectivity index (χ4n) is 2.17. The monoisotopic (exact) mass is 299 g/mol. The highest BCUT2D eigenvalue weighted by Gasteiger charge is 2.31. The molecule has 0 fully saturated rings. The van der Waals surface area contributed by atoms with Crippen LogP contribution >= 0.6 is 0 Å². The van der Waals surface area contributed by atoms with E-state index in [1.54, 1.807) is 6.07 Å². The van der Waals surface area contributed by atoms with Crippen molar-refractivity contribution in [2.75, 3.05) is 7.11 Å². The topological polar surface area (TPSA) is 53.1 Å². The summed E-state index contributed by atoms with van der Waals surface area (Å²) in [5.41, 5.74) is 6.66. The van der Waals surface area contributed by atoms with Crippen molar-refractivity contribution in [3.05, 3.63) is 41.1 Å². The molecule has 114 valence electrons. The summed E-state index contributed by atoms with van der Waals surface area (Å²) in [6.45, 7) is 2.11. The molecule has 0 aliphatic carbocycles. The summed E-state index contributed by atoms with van der Waals surface area (Å²) >= 11 is 0. The number of benzene rings is 1. The zero-order valence-electron chi connectivity index (χ0n) is 11.7. The largest absolute Gasteiger partial charge is 0.481 e. The molecule has 2 rings (SSSR count). The minimum absolute atomic E-state index is 0.214. The summed E-state index contributed by atoms with van der Waals surface area (Å²) in [6, 6.07) is 4.94. The van der Waals surface area contributed by atoms with Crippen LogP contribution in [0.4, 0.5) is 13.2 Å². The van der Waals surface area contributed by atoms with Crippen LogP contribution in [0.1, 0.15) is 23.7 Å². The van der Waals surface area contributed by atoms with Gasteiger partial charge in [0.1, 0.15) is 0 Å². The van der Waals surface area contributed by atoms with Crippen molar-refractivity contribution in [1.29, 1.82) is 0 Å². The quantitative estimate of drug-likeness (QED) is 0.944. The third-order valence-corrected chi connectivity index (χ3v) is 3.17. The highest BCUT2D eigenvalue weighted by Crippen LogP contribution is 2.32. The van der Waals surface area contributed by atoms with E-state index in [1.807, 2.05) is 6.92 Å². The van der Waals surface area contributed by atoms with Crippen LogP contribution in [0.15, 0.2) is 24.3 Å².